The topological polar surface area (TPSA) is 67.5 Å². The summed E-state index contributed by atoms with van der Waals surface area (Å²) in [5, 5.41) is 11.7. The van der Waals surface area contributed by atoms with Crippen LogP contribution in [0.25, 0.3) is 0 Å². The SMILES string of the molecule is COc1ccc([C@H]2NC(=S)N3[C@H](c4ccc(OC)c(OC)c4)NC(=S)N23)cc1OC. The van der Waals surface area contributed by atoms with Gasteiger partial charge in [-0.15, -0.1) is 0 Å². The van der Waals surface area contributed by atoms with Gasteiger partial charge in [-0.3, -0.25) is 0 Å². The molecule has 0 saturated carbocycles. The maximum absolute atomic E-state index is 5.65. The molecule has 2 aromatic carbocycles. The molecule has 158 valence electrons. The molecule has 4 rings (SSSR count). The van der Waals surface area contributed by atoms with E-state index >= 15 is 0 Å². The fourth-order valence-electron chi connectivity index (χ4n) is 3.66. The molecule has 0 spiro atoms. The van der Waals surface area contributed by atoms with Gasteiger partial charge < -0.3 is 29.6 Å². The highest BCUT2D eigenvalue weighted by Gasteiger charge is 2.47. The summed E-state index contributed by atoms with van der Waals surface area (Å²) in [6.45, 7) is 0. The summed E-state index contributed by atoms with van der Waals surface area (Å²) in [5.41, 5.74) is 1.88. The lowest BCUT2D eigenvalue weighted by atomic mass is 10.1. The average molecular weight is 447 g/mol. The number of thiocarbonyl (C=S) groups is 2. The first-order valence-electron chi connectivity index (χ1n) is 9.15. The average Bonchev–Trinajstić information content (AvgIpc) is 3.30. The van der Waals surface area contributed by atoms with E-state index in [-0.39, 0.29) is 12.3 Å². The Morgan fingerprint density at radius 2 is 1.00 bits per heavy atom. The van der Waals surface area contributed by atoms with E-state index < -0.39 is 0 Å². The Morgan fingerprint density at radius 3 is 1.33 bits per heavy atom. The standard InChI is InChI=1S/C20H22N4O4S2/c1-25-13-7-5-11(9-15(13)27-3)17-21-19(29)24-18(22-20(30)23(17)24)12-6-8-14(26-2)16(10-12)28-4/h5-10,17-18H,1-4H3,(H,21,29)(H,22,30)/t17-,18+. The molecule has 0 aliphatic carbocycles. The van der Waals surface area contributed by atoms with Crippen molar-refractivity contribution < 1.29 is 18.9 Å². The van der Waals surface area contributed by atoms with Gasteiger partial charge in [0.15, 0.2) is 33.2 Å². The van der Waals surface area contributed by atoms with Gasteiger partial charge in [0.1, 0.15) is 12.3 Å². The van der Waals surface area contributed by atoms with E-state index in [1.165, 1.54) is 0 Å². The second-order valence-electron chi connectivity index (χ2n) is 6.62. The molecule has 2 aliphatic heterocycles. The Kier molecular flexibility index (Phi) is 5.44. The first-order valence-corrected chi connectivity index (χ1v) is 9.97. The summed E-state index contributed by atoms with van der Waals surface area (Å²) >= 11 is 11.3. The highest BCUT2D eigenvalue weighted by Crippen LogP contribution is 2.40. The van der Waals surface area contributed by atoms with Crippen molar-refractivity contribution in [1.82, 2.24) is 20.7 Å². The Labute approximate surface area is 185 Å². The number of ether oxygens (including phenoxy) is 4. The summed E-state index contributed by atoms with van der Waals surface area (Å²) in [6.07, 6.45) is -0.551. The molecule has 2 saturated heterocycles. The molecule has 2 aliphatic rings. The fraction of sp³-hybridized carbons (Fsp3) is 0.300. The van der Waals surface area contributed by atoms with Gasteiger partial charge in [-0.2, -0.15) is 0 Å². The Hall–Kier alpha value is -2.98. The van der Waals surface area contributed by atoms with Crippen molar-refractivity contribution in [3.63, 3.8) is 0 Å². The predicted octanol–water partition coefficient (Wildman–Crippen LogP) is 2.71. The molecule has 2 fully saturated rings. The van der Waals surface area contributed by atoms with Crippen LogP contribution < -0.4 is 29.6 Å². The molecule has 2 N–H and O–H groups in total. The van der Waals surface area contributed by atoms with E-state index in [4.69, 9.17) is 43.4 Å². The summed E-state index contributed by atoms with van der Waals surface area (Å²) in [6, 6.07) is 11.5. The van der Waals surface area contributed by atoms with Crippen molar-refractivity contribution in [3.05, 3.63) is 47.5 Å². The van der Waals surface area contributed by atoms with Gasteiger partial charge in [0, 0.05) is 11.1 Å². The molecule has 0 radical (unpaired) electrons. The largest absolute Gasteiger partial charge is 0.493 e. The van der Waals surface area contributed by atoms with Crippen LogP contribution in [-0.4, -0.2) is 48.7 Å². The minimum absolute atomic E-state index is 0.276. The molecule has 30 heavy (non-hydrogen) atoms. The second kappa shape index (κ2) is 8.04. The van der Waals surface area contributed by atoms with Gasteiger partial charge in [-0.25, -0.2) is 10.0 Å². The fourth-order valence-corrected chi connectivity index (χ4v) is 4.27. The summed E-state index contributed by atoms with van der Waals surface area (Å²) < 4.78 is 21.6. The lowest BCUT2D eigenvalue weighted by Crippen LogP contribution is -2.36. The van der Waals surface area contributed by atoms with Crippen LogP contribution in [-0.2, 0) is 0 Å². The minimum Gasteiger partial charge on any atom is -0.493 e. The summed E-state index contributed by atoms with van der Waals surface area (Å²) in [5.74, 6) is 2.58. The molecule has 2 heterocycles. The number of benzene rings is 2. The molecule has 10 heteroatoms. The molecule has 0 amide bonds. The second-order valence-corrected chi connectivity index (χ2v) is 7.40. The van der Waals surface area contributed by atoms with Crippen LogP contribution in [0, 0.1) is 0 Å². The molecule has 0 unspecified atom stereocenters. The van der Waals surface area contributed by atoms with Gasteiger partial charge in [0.2, 0.25) is 0 Å². The third-order valence-electron chi connectivity index (χ3n) is 5.10. The maximum atomic E-state index is 5.65. The number of hydrogen-bond acceptors (Lipinski definition) is 6. The van der Waals surface area contributed by atoms with Crippen LogP contribution in [0.15, 0.2) is 36.4 Å². The highest BCUT2D eigenvalue weighted by molar-refractivity contribution is 7.80. The van der Waals surface area contributed by atoms with Crippen LogP contribution >= 0.6 is 24.4 Å². The lowest BCUT2D eigenvalue weighted by molar-refractivity contribution is 0.113. The van der Waals surface area contributed by atoms with Gasteiger partial charge in [0.25, 0.3) is 0 Å². The molecule has 0 aromatic heterocycles. The highest BCUT2D eigenvalue weighted by atomic mass is 32.1. The first kappa shape index (κ1) is 20.3. The third-order valence-corrected chi connectivity index (χ3v) is 5.71. The molecule has 2 atom stereocenters. The molecule has 0 bridgehead atoms. The van der Waals surface area contributed by atoms with Crippen molar-refractivity contribution >= 4 is 34.7 Å². The van der Waals surface area contributed by atoms with E-state index in [0.717, 1.165) is 11.1 Å². The molecular weight excluding hydrogens is 424 g/mol. The Bertz CT molecular complexity index is 923. The van der Waals surface area contributed by atoms with E-state index in [2.05, 4.69) is 10.6 Å². The summed E-state index contributed by atoms with van der Waals surface area (Å²) in [7, 11) is 6.43. The van der Waals surface area contributed by atoms with Crippen LogP contribution in [0.2, 0.25) is 0 Å². The van der Waals surface area contributed by atoms with Crippen molar-refractivity contribution in [1.29, 1.82) is 0 Å². The van der Waals surface area contributed by atoms with Crippen LogP contribution in [0.5, 0.6) is 23.0 Å². The van der Waals surface area contributed by atoms with Crippen molar-refractivity contribution in [2.24, 2.45) is 0 Å². The minimum atomic E-state index is -0.276. The van der Waals surface area contributed by atoms with Gasteiger partial charge in [-0.1, -0.05) is 12.1 Å². The van der Waals surface area contributed by atoms with E-state index in [9.17, 15) is 0 Å². The normalized spacial score (nSPS) is 19.9. The smallest absolute Gasteiger partial charge is 0.192 e. The quantitative estimate of drug-likeness (QED) is 0.648. The van der Waals surface area contributed by atoms with Crippen molar-refractivity contribution in [2.45, 2.75) is 12.3 Å². The zero-order chi connectivity index (χ0) is 21.4. The maximum Gasteiger partial charge on any atom is 0.192 e. The molecule has 8 nitrogen and oxygen atoms in total. The van der Waals surface area contributed by atoms with Crippen molar-refractivity contribution in [3.8, 4) is 23.0 Å². The van der Waals surface area contributed by atoms with Gasteiger partial charge in [-0.05, 0) is 48.7 Å². The Morgan fingerprint density at radius 1 is 0.633 bits per heavy atom. The van der Waals surface area contributed by atoms with Gasteiger partial charge in [0.05, 0.1) is 28.4 Å². The zero-order valence-corrected chi connectivity index (χ0v) is 18.6. The van der Waals surface area contributed by atoms with Crippen LogP contribution in [0.1, 0.15) is 23.5 Å². The lowest BCUT2D eigenvalue weighted by Gasteiger charge is -2.27. The number of hydrazine groups is 1. The van der Waals surface area contributed by atoms with Crippen molar-refractivity contribution in [2.75, 3.05) is 28.4 Å². The number of hydrogen-bond donors (Lipinski definition) is 2. The molecular formula is C20H22N4O4S2. The Balaban J connectivity index is 1.68. The number of rotatable bonds is 6. The first-order chi connectivity index (χ1) is 14.5. The van der Waals surface area contributed by atoms with E-state index in [1.54, 1.807) is 28.4 Å². The third kappa shape index (κ3) is 3.21. The zero-order valence-electron chi connectivity index (χ0n) is 17.0. The number of nitrogens with one attached hydrogen (secondary N) is 2. The molecule has 2 aromatic rings. The van der Waals surface area contributed by atoms with Crippen LogP contribution in [0.4, 0.5) is 0 Å². The van der Waals surface area contributed by atoms with Crippen LogP contribution in [0.3, 0.4) is 0 Å². The monoisotopic (exact) mass is 446 g/mol. The van der Waals surface area contributed by atoms with Gasteiger partial charge >= 0.3 is 0 Å². The van der Waals surface area contributed by atoms with E-state index in [0.29, 0.717) is 33.2 Å². The van der Waals surface area contributed by atoms with E-state index in [1.807, 2.05) is 46.4 Å². The summed E-state index contributed by atoms with van der Waals surface area (Å²) in [4.78, 5) is 0. The number of methoxy groups -OCH3 is 4. The number of fused-ring (bicyclic) bond motifs is 1. The predicted molar refractivity (Wildman–Crippen MR) is 120 cm³/mol. The number of nitrogens with zero attached hydrogens (tertiary/aromatic N) is 2.